The molecule has 1 unspecified atom stereocenters. The summed E-state index contributed by atoms with van der Waals surface area (Å²) in [6, 6.07) is 1.02. The van der Waals surface area contributed by atoms with Crippen molar-refractivity contribution < 1.29 is 31.4 Å². The van der Waals surface area contributed by atoms with Crippen LogP contribution in [0.4, 0.5) is 38.0 Å². The lowest BCUT2D eigenvalue weighted by atomic mass is 10.3. The van der Waals surface area contributed by atoms with Crippen molar-refractivity contribution in [3.05, 3.63) is 11.9 Å². The Morgan fingerprint density at radius 1 is 1.10 bits per heavy atom. The second-order valence-electron chi connectivity index (χ2n) is 3.93. The van der Waals surface area contributed by atoms with Crippen molar-refractivity contribution in [3.8, 4) is 0 Å². The van der Waals surface area contributed by atoms with Crippen molar-refractivity contribution in [2.75, 3.05) is 23.7 Å². The van der Waals surface area contributed by atoms with Gasteiger partial charge in [0.05, 0.1) is 6.54 Å². The summed E-state index contributed by atoms with van der Waals surface area (Å²) in [5.74, 6) is -2.16. The molecule has 0 aliphatic rings. The van der Waals surface area contributed by atoms with Gasteiger partial charge < -0.3 is 15.7 Å². The summed E-state index contributed by atoms with van der Waals surface area (Å²) in [6.45, 7) is 0.845. The van der Waals surface area contributed by atoms with Gasteiger partial charge in [0.15, 0.2) is 6.10 Å². The highest BCUT2D eigenvalue weighted by molar-refractivity contribution is 5.47. The number of rotatable bonds is 5. The molecule has 0 bridgehead atoms. The maximum absolute atomic E-state index is 12.6. The standard InChI is InChI=1S/C10H12F6N4O/c1-2-17-6-3-7(18-4-5(21)9(11,12)13)20-8(19-6)10(14,15)16/h3,5,21H,2,4H2,1H3,(H2,17,18,19,20). The molecule has 0 aliphatic heterocycles. The van der Waals surface area contributed by atoms with Gasteiger partial charge in [-0.15, -0.1) is 0 Å². The maximum atomic E-state index is 12.6. The Bertz CT molecular complexity index is 476. The minimum atomic E-state index is -4.88. The lowest BCUT2D eigenvalue weighted by molar-refractivity contribution is -0.198. The largest absolute Gasteiger partial charge is 0.451 e. The third kappa shape index (κ3) is 5.25. The minimum Gasteiger partial charge on any atom is -0.382 e. The summed E-state index contributed by atoms with van der Waals surface area (Å²) in [5.41, 5.74) is 0. The number of aliphatic hydroxyl groups is 1. The Morgan fingerprint density at radius 3 is 2.05 bits per heavy atom. The molecule has 11 heteroatoms. The molecule has 0 amide bonds. The number of alkyl halides is 6. The molecule has 0 fully saturated rings. The first-order valence-electron chi connectivity index (χ1n) is 5.73. The molecule has 5 nitrogen and oxygen atoms in total. The van der Waals surface area contributed by atoms with Crippen LogP contribution >= 0.6 is 0 Å². The Labute approximate surface area is 115 Å². The van der Waals surface area contributed by atoms with Gasteiger partial charge in [0.1, 0.15) is 11.6 Å². The van der Waals surface area contributed by atoms with Gasteiger partial charge in [0.25, 0.3) is 0 Å². The number of nitrogens with zero attached hydrogens (tertiary/aromatic N) is 2. The van der Waals surface area contributed by atoms with Crippen LogP contribution in [0.15, 0.2) is 6.07 Å². The molecular formula is C10H12F6N4O. The van der Waals surface area contributed by atoms with E-state index in [1.165, 1.54) is 0 Å². The zero-order valence-corrected chi connectivity index (χ0v) is 10.7. The number of hydrogen-bond acceptors (Lipinski definition) is 5. The summed E-state index contributed by atoms with van der Waals surface area (Å²) < 4.78 is 74.0. The van der Waals surface area contributed by atoms with Crippen molar-refractivity contribution in [1.29, 1.82) is 0 Å². The van der Waals surface area contributed by atoms with Crippen LogP contribution in [0.1, 0.15) is 12.7 Å². The number of anilines is 2. The number of aromatic nitrogens is 2. The molecule has 120 valence electrons. The molecular weight excluding hydrogens is 306 g/mol. The fourth-order valence-corrected chi connectivity index (χ4v) is 1.25. The van der Waals surface area contributed by atoms with Gasteiger partial charge in [-0.1, -0.05) is 0 Å². The van der Waals surface area contributed by atoms with E-state index in [0.29, 0.717) is 0 Å². The summed E-state index contributed by atoms with van der Waals surface area (Å²) in [7, 11) is 0. The van der Waals surface area contributed by atoms with Crippen LogP contribution in [-0.2, 0) is 6.18 Å². The first-order valence-corrected chi connectivity index (χ1v) is 5.73. The van der Waals surface area contributed by atoms with Crippen molar-refractivity contribution >= 4 is 11.6 Å². The fourth-order valence-electron chi connectivity index (χ4n) is 1.25. The molecule has 1 atom stereocenters. The summed E-state index contributed by atoms with van der Waals surface area (Å²) in [6.07, 6.45) is -12.4. The molecule has 1 rings (SSSR count). The highest BCUT2D eigenvalue weighted by atomic mass is 19.4. The Morgan fingerprint density at radius 2 is 1.62 bits per heavy atom. The zero-order chi connectivity index (χ0) is 16.3. The van der Waals surface area contributed by atoms with Crippen molar-refractivity contribution in [3.63, 3.8) is 0 Å². The summed E-state index contributed by atoms with van der Waals surface area (Å²) in [5, 5.41) is 13.3. The van der Waals surface area contributed by atoms with Crippen LogP contribution in [-0.4, -0.2) is 40.4 Å². The minimum absolute atomic E-state index is 0.191. The SMILES string of the molecule is CCNc1cc(NCC(O)C(F)(F)F)nc(C(F)(F)F)n1. The molecule has 0 aromatic carbocycles. The van der Waals surface area contributed by atoms with Crippen LogP contribution in [0.2, 0.25) is 0 Å². The van der Waals surface area contributed by atoms with E-state index in [9.17, 15) is 26.3 Å². The van der Waals surface area contributed by atoms with Crippen molar-refractivity contribution in [1.82, 2.24) is 9.97 Å². The predicted octanol–water partition coefficient (Wildman–Crippen LogP) is 2.26. The average Bonchev–Trinajstić information content (AvgIpc) is 2.34. The van der Waals surface area contributed by atoms with Crippen LogP contribution in [0.25, 0.3) is 0 Å². The number of halogens is 6. The third-order valence-electron chi connectivity index (χ3n) is 2.19. The molecule has 3 N–H and O–H groups in total. The fraction of sp³-hybridized carbons (Fsp3) is 0.600. The van der Waals surface area contributed by atoms with Gasteiger partial charge in [0.2, 0.25) is 5.82 Å². The molecule has 1 heterocycles. The van der Waals surface area contributed by atoms with Crippen LogP contribution < -0.4 is 10.6 Å². The van der Waals surface area contributed by atoms with Crippen LogP contribution in [0, 0.1) is 0 Å². The number of hydrogen-bond donors (Lipinski definition) is 3. The predicted molar refractivity (Wildman–Crippen MR) is 61.7 cm³/mol. The van der Waals surface area contributed by atoms with Gasteiger partial charge in [-0.25, -0.2) is 9.97 Å². The topological polar surface area (TPSA) is 70.1 Å². The molecule has 1 aromatic heterocycles. The highest BCUT2D eigenvalue weighted by Gasteiger charge is 2.38. The molecule has 0 saturated carbocycles. The van der Waals surface area contributed by atoms with E-state index in [2.05, 4.69) is 15.3 Å². The Balaban J connectivity index is 2.93. The third-order valence-corrected chi connectivity index (χ3v) is 2.19. The maximum Gasteiger partial charge on any atom is 0.451 e. The second-order valence-corrected chi connectivity index (χ2v) is 3.93. The molecule has 1 aromatic rings. The van der Waals surface area contributed by atoms with E-state index in [-0.39, 0.29) is 12.4 Å². The van der Waals surface area contributed by atoms with Crippen molar-refractivity contribution in [2.24, 2.45) is 0 Å². The lowest BCUT2D eigenvalue weighted by Crippen LogP contribution is -2.35. The quantitative estimate of drug-likeness (QED) is 0.727. The van der Waals surface area contributed by atoms with E-state index in [4.69, 9.17) is 5.11 Å². The van der Waals surface area contributed by atoms with Gasteiger partial charge >= 0.3 is 12.4 Å². The number of nitrogens with one attached hydrogen (secondary N) is 2. The Kier molecular flexibility index (Phi) is 5.20. The van der Waals surface area contributed by atoms with Gasteiger partial charge in [-0.3, -0.25) is 0 Å². The molecule has 0 spiro atoms. The van der Waals surface area contributed by atoms with Gasteiger partial charge in [-0.05, 0) is 6.92 Å². The monoisotopic (exact) mass is 318 g/mol. The summed E-state index contributed by atoms with van der Waals surface area (Å²) >= 11 is 0. The zero-order valence-electron chi connectivity index (χ0n) is 10.7. The Hall–Kier alpha value is -1.78. The molecule has 0 saturated heterocycles. The molecule has 21 heavy (non-hydrogen) atoms. The van der Waals surface area contributed by atoms with E-state index in [1.807, 2.05) is 5.32 Å². The van der Waals surface area contributed by atoms with Gasteiger partial charge in [-0.2, -0.15) is 26.3 Å². The number of aliphatic hydroxyl groups excluding tert-OH is 1. The van der Waals surface area contributed by atoms with Crippen molar-refractivity contribution in [2.45, 2.75) is 25.4 Å². The van der Waals surface area contributed by atoms with E-state index < -0.39 is 36.6 Å². The lowest BCUT2D eigenvalue weighted by Gasteiger charge is -2.16. The van der Waals surface area contributed by atoms with E-state index in [1.54, 1.807) is 6.92 Å². The van der Waals surface area contributed by atoms with Crippen LogP contribution in [0.3, 0.4) is 0 Å². The average molecular weight is 318 g/mol. The summed E-state index contributed by atoms with van der Waals surface area (Å²) in [4.78, 5) is 6.27. The van der Waals surface area contributed by atoms with E-state index in [0.717, 1.165) is 6.07 Å². The smallest absolute Gasteiger partial charge is 0.382 e. The van der Waals surface area contributed by atoms with E-state index >= 15 is 0 Å². The molecule has 0 radical (unpaired) electrons. The highest BCUT2D eigenvalue weighted by Crippen LogP contribution is 2.28. The van der Waals surface area contributed by atoms with Gasteiger partial charge in [0, 0.05) is 12.6 Å². The molecule has 0 aliphatic carbocycles. The van der Waals surface area contributed by atoms with Crippen LogP contribution in [0.5, 0.6) is 0 Å². The first kappa shape index (κ1) is 17.3. The first-order chi connectivity index (χ1) is 9.54. The second kappa shape index (κ2) is 6.33. The normalized spacial score (nSPS) is 13.9.